The van der Waals surface area contributed by atoms with Crippen LogP contribution >= 0.6 is 23.4 Å². The van der Waals surface area contributed by atoms with Crippen LogP contribution in [0.3, 0.4) is 0 Å². The third-order valence-corrected chi connectivity index (χ3v) is 4.89. The number of benzene rings is 2. The quantitative estimate of drug-likeness (QED) is 0.255. The number of anilines is 1. The molecule has 0 radical (unpaired) electrons. The summed E-state index contributed by atoms with van der Waals surface area (Å²) < 4.78 is 4.98. The Labute approximate surface area is 175 Å². The number of nitro groups is 1. The number of aromatic nitrogens is 2. The molecule has 1 amide bonds. The minimum absolute atomic E-state index is 0.00669. The van der Waals surface area contributed by atoms with Gasteiger partial charge in [0, 0.05) is 16.8 Å². The highest BCUT2D eigenvalue weighted by molar-refractivity contribution is 7.99. The van der Waals surface area contributed by atoms with Crippen LogP contribution in [0.4, 0.5) is 11.4 Å². The Morgan fingerprint density at radius 3 is 2.69 bits per heavy atom. The molecule has 2 aromatic carbocycles. The number of thioether (sulfide) groups is 1. The fourth-order valence-electron chi connectivity index (χ4n) is 2.40. The van der Waals surface area contributed by atoms with Crippen LogP contribution in [0.25, 0.3) is 11.3 Å². The summed E-state index contributed by atoms with van der Waals surface area (Å²) in [6.07, 6.45) is 1.60. The van der Waals surface area contributed by atoms with Crippen LogP contribution in [0.1, 0.15) is 0 Å². The first-order valence-electron chi connectivity index (χ1n) is 8.30. The number of amides is 1. The summed E-state index contributed by atoms with van der Waals surface area (Å²) >= 11 is 7.03. The number of nitrogens with one attached hydrogen (secondary N) is 1. The Balaban J connectivity index is 1.66. The standard InChI is InChI=1S/C19H15ClN4O4S/c1-28-14-6-7-16(17(10-14)24(26)27)22-18(25)11-29-19-21-9-8-15(23-19)12-2-4-13(20)5-3-12/h2-10H,11H2,1H3,(H,22,25). The lowest BCUT2D eigenvalue weighted by Gasteiger charge is -2.07. The van der Waals surface area contributed by atoms with Gasteiger partial charge in [0.15, 0.2) is 5.16 Å². The van der Waals surface area contributed by atoms with E-state index in [1.54, 1.807) is 24.4 Å². The van der Waals surface area contributed by atoms with E-state index in [0.29, 0.717) is 21.6 Å². The zero-order chi connectivity index (χ0) is 20.8. The van der Waals surface area contributed by atoms with Gasteiger partial charge in [0.2, 0.25) is 5.91 Å². The minimum atomic E-state index is -0.579. The molecule has 3 aromatic rings. The van der Waals surface area contributed by atoms with Crippen molar-refractivity contribution < 1.29 is 14.5 Å². The van der Waals surface area contributed by atoms with Crippen molar-refractivity contribution in [2.45, 2.75) is 5.16 Å². The lowest BCUT2D eigenvalue weighted by atomic mass is 10.1. The first kappa shape index (κ1) is 20.6. The molecule has 0 spiro atoms. The molecule has 0 saturated carbocycles. The average Bonchev–Trinajstić information content (AvgIpc) is 2.73. The van der Waals surface area contributed by atoms with E-state index in [4.69, 9.17) is 16.3 Å². The fraction of sp³-hybridized carbons (Fsp3) is 0.105. The number of nitro benzene ring substituents is 1. The van der Waals surface area contributed by atoms with E-state index < -0.39 is 10.8 Å². The van der Waals surface area contributed by atoms with Crippen LogP contribution in [0.5, 0.6) is 5.75 Å². The molecule has 0 aliphatic carbocycles. The second-order valence-corrected chi connectivity index (χ2v) is 7.09. The van der Waals surface area contributed by atoms with Crippen molar-refractivity contribution in [3.05, 3.63) is 69.9 Å². The van der Waals surface area contributed by atoms with Crippen LogP contribution in [0.2, 0.25) is 5.02 Å². The summed E-state index contributed by atoms with van der Waals surface area (Å²) in [6.45, 7) is 0. The number of carbonyl (C=O) groups excluding carboxylic acids is 1. The molecule has 0 aliphatic heterocycles. The predicted octanol–water partition coefficient (Wildman–Crippen LogP) is 4.44. The molecule has 0 atom stereocenters. The van der Waals surface area contributed by atoms with Gasteiger partial charge in [-0.15, -0.1) is 0 Å². The largest absolute Gasteiger partial charge is 0.496 e. The molecule has 29 heavy (non-hydrogen) atoms. The van der Waals surface area contributed by atoms with Crippen molar-refractivity contribution in [1.29, 1.82) is 0 Å². The number of hydrogen-bond donors (Lipinski definition) is 1. The number of carbonyl (C=O) groups is 1. The number of halogens is 1. The molecular weight excluding hydrogens is 416 g/mol. The molecule has 0 fully saturated rings. The molecule has 0 unspecified atom stereocenters. The van der Waals surface area contributed by atoms with Crippen molar-refractivity contribution in [3.63, 3.8) is 0 Å². The molecule has 1 N–H and O–H groups in total. The van der Waals surface area contributed by atoms with Gasteiger partial charge in [0.25, 0.3) is 5.69 Å². The highest BCUT2D eigenvalue weighted by atomic mass is 35.5. The summed E-state index contributed by atoms with van der Waals surface area (Å²) in [5.41, 5.74) is 1.42. The van der Waals surface area contributed by atoms with E-state index in [-0.39, 0.29) is 17.1 Å². The van der Waals surface area contributed by atoms with E-state index in [1.165, 1.54) is 25.3 Å². The number of methoxy groups -OCH3 is 1. The fourth-order valence-corrected chi connectivity index (χ4v) is 3.16. The van der Waals surface area contributed by atoms with E-state index >= 15 is 0 Å². The Bertz CT molecular complexity index is 1050. The van der Waals surface area contributed by atoms with Gasteiger partial charge in [-0.2, -0.15) is 0 Å². The van der Waals surface area contributed by atoms with Gasteiger partial charge in [0.1, 0.15) is 11.4 Å². The van der Waals surface area contributed by atoms with Gasteiger partial charge < -0.3 is 10.1 Å². The molecule has 1 heterocycles. The molecule has 148 valence electrons. The second kappa shape index (κ2) is 9.35. The lowest BCUT2D eigenvalue weighted by molar-refractivity contribution is -0.384. The average molecular weight is 431 g/mol. The number of ether oxygens (including phenoxy) is 1. The van der Waals surface area contributed by atoms with Crippen LogP contribution in [0.15, 0.2) is 59.9 Å². The van der Waals surface area contributed by atoms with Gasteiger partial charge in [-0.05, 0) is 30.3 Å². The Morgan fingerprint density at radius 2 is 2.00 bits per heavy atom. The normalized spacial score (nSPS) is 10.4. The maximum Gasteiger partial charge on any atom is 0.296 e. The van der Waals surface area contributed by atoms with Crippen molar-refractivity contribution in [2.24, 2.45) is 0 Å². The maximum atomic E-state index is 12.3. The molecular formula is C19H15ClN4O4S. The summed E-state index contributed by atoms with van der Waals surface area (Å²) in [5, 5.41) is 14.8. The van der Waals surface area contributed by atoms with Crippen molar-refractivity contribution in [1.82, 2.24) is 9.97 Å². The number of hydrogen-bond acceptors (Lipinski definition) is 7. The van der Waals surface area contributed by atoms with Gasteiger partial charge in [-0.1, -0.05) is 35.5 Å². The molecule has 0 bridgehead atoms. The number of rotatable bonds is 7. The first-order chi connectivity index (χ1) is 14.0. The van der Waals surface area contributed by atoms with Crippen molar-refractivity contribution in [2.75, 3.05) is 18.2 Å². The van der Waals surface area contributed by atoms with E-state index in [1.807, 2.05) is 12.1 Å². The zero-order valence-corrected chi connectivity index (χ0v) is 16.7. The maximum absolute atomic E-state index is 12.3. The smallest absolute Gasteiger partial charge is 0.296 e. The number of nitrogens with zero attached hydrogens (tertiary/aromatic N) is 3. The molecule has 1 aromatic heterocycles. The van der Waals surface area contributed by atoms with Crippen LogP contribution in [-0.4, -0.2) is 33.7 Å². The van der Waals surface area contributed by atoms with Crippen LogP contribution in [0, 0.1) is 10.1 Å². The van der Waals surface area contributed by atoms with Crippen molar-refractivity contribution >= 4 is 40.6 Å². The molecule has 3 rings (SSSR count). The lowest BCUT2D eigenvalue weighted by Crippen LogP contribution is -2.15. The van der Waals surface area contributed by atoms with E-state index in [9.17, 15) is 14.9 Å². The molecule has 0 aliphatic rings. The molecule has 8 nitrogen and oxygen atoms in total. The Morgan fingerprint density at radius 1 is 1.24 bits per heavy atom. The van der Waals surface area contributed by atoms with Crippen LogP contribution in [-0.2, 0) is 4.79 Å². The zero-order valence-electron chi connectivity index (χ0n) is 15.2. The summed E-state index contributed by atoms with van der Waals surface area (Å²) in [4.78, 5) is 31.5. The molecule has 0 saturated heterocycles. The Hall–Kier alpha value is -3.17. The third kappa shape index (κ3) is 5.43. The summed E-state index contributed by atoms with van der Waals surface area (Å²) in [6, 6.07) is 13.2. The monoisotopic (exact) mass is 430 g/mol. The van der Waals surface area contributed by atoms with E-state index in [0.717, 1.165) is 17.3 Å². The minimum Gasteiger partial charge on any atom is -0.496 e. The predicted molar refractivity (Wildman–Crippen MR) is 111 cm³/mol. The van der Waals surface area contributed by atoms with E-state index in [2.05, 4.69) is 15.3 Å². The van der Waals surface area contributed by atoms with Gasteiger partial charge in [-0.25, -0.2) is 9.97 Å². The highest BCUT2D eigenvalue weighted by Gasteiger charge is 2.17. The summed E-state index contributed by atoms with van der Waals surface area (Å²) in [5.74, 6) is -0.0898. The summed E-state index contributed by atoms with van der Waals surface area (Å²) in [7, 11) is 1.41. The topological polar surface area (TPSA) is 107 Å². The van der Waals surface area contributed by atoms with Crippen LogP contribution < -0.4 is 10.1 Å². The first-order valence-corrected chi connectivity index (χ1v) is 9.66. The van der Waals surface area contributed by atoms with Gasteiger partial charge in [0.05, 0.1) is 29.5 Å². The van der Waals surface area contributed by atoms with Gasteiger partial charge >= 0.3 is 0 Å². The van der Waals surface area contributed by atoms with Crippen molar-refractivity contribution in [3.8, 4) is 17.0 Å². The molecule has 10 heteroatoms. The highest BCUT2D eigenvalue weighted by Crippen LogP contribution is 2.29. The SMILES string of the molecule is COc1ccc(NC(=O)CSc2nccc(-c3ccc(Cl)cc3)n2)c([N+](=O)[O-])c1. The third-order valence-electron chi connectivity index (χ3n) is 3.78. The Kier molecular flexibility index (Phi) is 6.63. The van der Waals surface area contributed by atoms with Gasteiger partial charge in [-0.3, -0.25) is 14.9 Å². The second-order valence-electron chi connectivity index (χ2n) is 5.71.